The topological polar surface area (TPSA) is 17.3 Å². The summed E-state index contributed by atoms with van der Waals surface area (Å²) < 4.78 is 2.13. The minimum absolute atomic E-state index is 1.00. The van der Waals surface area contributed by atoms with Gasteiger partial charge >= 0.3 is 0 Å². The zero-order valence-electron chi connectivity index (χ0n) is 12.7. The maximum Gasteiger partial charge on any atom is 0.137 e. The Morgan fingerprint density at radius 1 is 1.00 bits per heavy atom. The van der Waals surface area contributed by atoms with E-state index >= 15 is 0 Å². The Morgan fingerprint density at radius 3 is 2.30 bits per heavy atom. The van der Waals surface area contributed by atoms with E-state index < -0.39 is 0 Å². The van der Waals surface area contributed by atoms with Crippen molar-refractivity contribution in [1.82, 2.24) is 9.38 Å². The molecule has 0 spiro atoms. The minimum Gasteiger partial charge on any atom is -0.304 e. The molecule has 0 atom stereocenters. The zero-order chi connectivity index (χ0) is 14.5. The highest BCUT2D eigenvalue weighted by atomic mass is 15.0. The van der Waals surface area contributed by atoms with Gasteiger partial charge in [-0.3, -0.25) is 0 Å². The van der Waals surface area contributed by atoms with Crippen LogP contribution in [0.4, 0.5) is 0 Å². The molecule has 0 saturated heterocycles. The van der Waals surface area contributed by atoms with E-state index in [1.807, 2.05) is 32.0 Å². The molecule has 0 aliphatic rings. The smallest absolute Gasteiger partial charge is 0.137 e. The molecular weight excluding hydrogens is 244 g/mol. The van der Waals surface area contributed by atoms with E-state index in [1.54, 1.807) is 0 Å². The third kappa shape index (κ3) is 2.60. The first-order chi connectivity index (χ1) is 9.79. The average molecular weight is 266 g/mol. The summed E-state index contributed by atoms with van der Waals surface area (Å²) in [6.07, 6.45) is 3.13. The van der Waals surface area contributed by atoms with E-state index in [9.17, 15) is 0 Å². The molecule has 0 amide bonds. The fourth-order valence-electron chi connectivity index (χ4n) is 2.29. The molecule has 104 valence electrons. The second kappa shape index (κ2) is 6.38. The van der Waals surface area contributed by atoms with E-state index in [1.165, 1.54) is 16.8 Å². The van der Waals surface area contributed by atoms with Gasteiger partial charge in [0.2, 0.25) is 0 Å². The molecule has 3 aromatic rings. The second-order valence-electron chi connectivity index (χ2n) is 4.53. The molecule has 0 aliphatic carbocycles. The third-order valence-corrected chi connectivity index (χ3v) is 3.40. The van der Waals surface area contributed by atoms with Crippen LogP contribution in [-0.4, -0.2) is 9.38 Å². The molecule has 0 unspecified atom stereocenters. The molecule has 3 rings (SSSR count). The molecule has 0 saturated carbocycles. The lowest BCUT2D eigenvalue weighted by Crippen LogP contribution is -1.86. The van der Waals surface area contributed by atoms with Gasteiger partial charge in [0.1, 0.15) is 5.65 Å². The zero-order valence-corrected chi connectivity index (χ0v) is 12.7. The molecule has 1 aromatic carbocycles. The molecule has 0 aliphatic heterocycles. The monoisotopic (exact) mass is 266 g/mol. The SMILES string of the molecule is CC.CCc1ccc(-c2nc3ccccn3c2C)cc1. The van der Waals surface area contributed by atoms with Crippen LogP contribution >= 0.6 is 0 Å². The van der Waals surface area contributed by atoms with E-state index in [2.05, 4.69) is 48.7 Å². The van der Waals surface area contributed by atoms with Crippen molar-refractivity contribution >= 4 is 5.65 Å². The number of fused-ring (bicyclic) bond motifs is 1. The maximum atomic E-state index is 4.70. The summed E-state index contributed by atoms with van der Waals surface area (Å²) in [4.78, 5) is 4.70. The Balaban J connectivity index is 0.000000704. The van der Waals surface area contributed by atoms with Gasteiger partial charge in [0, 0.05) is 17.5 Å². The highest BCUT2D eigenvalue weighted by molar-refractivity contribution is 5.66. The molecule has 2 heteroatoms. The number of benzene rings is 1. The van der Waals surface area contributed by atoms with Crippen LogP contribution in [0.2, 0.25) is 0 Å². The van der Waals surface area contributed by atoms with Crippen LogP contribution < -0.4 is 0 Å². The first-order valence-corrected chi connectivity index (χ1v) is 7.32. The Bertz CT molecular complexity index is 678. The molecule has 2 heterocycles. The summed E-state index contributed by atoms with van der Waals surface area (Å²) in [6, 6.07) is 14.8. The number of pyridine rings is 1. The van der Waals surface area contributed by atoms with Crippen molar-refractivity contribution in [2.24, 2.45) is 0 Å². The van der Waals surface area contributed by atoms with Crippen molar-refractivity contribution in [1.29, 1.82) is 0 Å². The lowest BCUT2D eigenvalue weighted by Gasteiger charge is -2.01. The van der Waals surface area contributed by atoms with Crippen LogP contribution in [-0.2, 0) is 6.42 Å². The number of hydrogen-bond acceptors (Lipinski definition) is 1. The number of nitrogens with zero attached hydrogens (tertiary/aromatic N) is 2. The average Bonchev–Trinajstić information content (AvgIpc) is 2.87. The van der Waals surface area contributed by atoms with Crippen LogP contribution in [0.15, 0.2) is 48.7 Å². The number of aryl methyl sites for hydroxylation is 2. The van der Waals surface area contributed by atoms with Crippen molar-refractivity contribution in [3.05, 3.63) is 59.9 Å². The van der Waals surface area contributed by atoms with Gasteiger partial charge in [-0.05, 0) is 31.0 Å². The van der Waals surface area contributed by atoms with Crippen molar-refractivity contribution < 1.29 is 0 Å². The first kappa shape index (κ1) is 14.3. The van der Waals surface area contributed by atoms with E-state index in [0.29, 0.717) is 0 Å². The molecule has 0 N–H and O–H groups in total. The summed E-state index contributed by atoms with van der Waals surface area (Å²) in [6.45, 7) is 8.29. The maximum absolute atomic E-state index is 4.70. The third-order valence-electron chi connectivity index (χ3n) is 3.40. The predicted molar refractivity (Wildman–Crippen MR) is 86.1 cm³/mol. The van der Waals surface area contributed by atoms with Crippen molar-refractivity contribution in [3.8, 4) is 11.3 Å². The number of rotatable bonds is 2. The van der Waals surface area contributed by atoms with Crippen molar-refractivity contribution in [2.75, 3.05) is 0 Å². The first-order valence-electron chi connectivity index (χ1n) is 7.32. The second-order valence-corrected chi connectivity index (χ2v) is 4.53. The largest absolute Gasteiger partial charge is 0.304 e. The molecule has 2 aromatic heterocycles. The van der Waals surface area contributed by atoms with E-state index in [4.69, 9.17) is 4.98 Å². The van der Waals surface area contributed by atoms with Crippen LogP contribution in [0, 0.1) is 6.92 Å². The summed E-state index contributed by atoms with van der Waals surface area (Å²) in [5.74, 6) is 0. The van der Waals surface area contributed by atoms with Crippen LogP contribution in [0.5, 0.6) is 0 Å². The molecule has 0 bridgehead atoms. The minimum atomic E-state index is 1.00. The lowest BCUT2D eigenvalue weighted by atomic mass is 10.1. The fraction of sp³-hybridized carbons (Fsp3) is 0.278. The molecular formula is C18H22N2. The van der Waals surface area contributed by atoms with Crippen LogP contribution in [0.1, 0.15) is 32.0 Å². The summed E-state index contributed by atoms with van der Waals surface area (Å²) in [5, 5.41) is 0. The van der Waals surface area contributed by atoms with Crippen LogP contribution in [0.3, 0.4) is 0 Å². The molecule has 20 heavy (non-hydrogen) atoms. The fourth-order valence-corrected chi connectivity index (χ4v) is 2.29. The van der Waals surface area contributed by atoms with Crippen molar-refractivity contribution in [3.63, 3.8) is 0 Å². The molecule has 0 radical (unpaired) electrons. The Kier molecular flexibility index (Phi) is 4.57. The normalized spacial score (nSPS) is 10.2. The molecule has 0 fully saturated rings. The number of aromatic nitrogens is 2. The Hall–Kier alpha value is -2.09. The van der Waals surface area contributed by atoms with Gasteiger partial charge in [-0.25, -0.2) is 4.98 Å². The highest BCUT2D eigenvalue weighted by Crippen LogP contribution is 2.24. The Labute approximate surface area is 121 Å². The number of hydrogen-bond donors (Lipinski definition) is 0. The van der Waals surface area contributed by atoms with Gasteiger partial charge in [0.25, 0.3) is 0 Å². The molecule has 2 nitrogen and oxygen atoms in total. The van der Waals surface area contributed by atoms with Gasteiger partial charge in [0.15, 0.2) is 0 Å². The summed E-state index contributed by atoms with van der Waals surface area (Å²) in [5.41, 5.74) is 5.82. The van der Waals surface area contributed by atoms with Gasteiger partial charge in [-0.1, -0.05) is 51.1 Å². The van der Waals surface area contributed by atoms with Gasteiger partial charge in [-0.15, -0.1) is 0 Å². The van der Waals surface area contributed by atoms with E-state index in [0.717, 1.165) is 17.8 Å². The van der Waals surface area contributed by atoms with Crippen molar-refractivity contribution in [2.45, 2.75) is 34.1 Å². The van der Waals surface area contributed by atoms with E-state index in [-0.39, 0.29) is 0 Å². The highest BCUT2D eigenvalue weighted by Gasteiger charge is 2.09. The van der Waals surface area contributed by atoms with Gasteiger partial charge < -0.3 is 4.40 Å². The summed E-state index contributed by atoms with van der Waals surface area (Å²) >= 11 is 0. The van der Waals surface area contributed by atoms with Gasteiger partial charge in [-0.2, -0.15) is 0 Å². The predicted octanol–water partition coefficient (Wildman–Crippen LogP) is 4.90. The lowest BCUT2D eigenvalue weighted by molar-refractivity contribution is 1.11. The van der Waals surface area contributed by atoms with Gasteiger partial charge in [0.05, 0.1) is 5.69 Å². The summed E-state index contributed by atoms with van der Waals surface area (Å²) in [7, 11) is 0. The Morgan fingerprint density at radius 2 is 1.70 bits per heavy atom. The quantitative estimate of drug-likeness (QED) is 0.645. The number of imidazole rings is 1. The van der Waals surface area contributed by atoms with Crippen LogP contribution in [0.25, 0.3) is 16.9 Å². The standard InChI is InChI=1S/C16H16N2.C2H6/c1-3-13-7-9-14(10-8-13)16-12(2)18-11-5-4-6-15(18)17-16;1-2/h4-11H,3H2,1-2H3;1-2H3.